The molecule has 0 aromatic heterocycles. The van der Waals surface area contributed by atoms with Crippen LogP contribution in [0.3, 0.4) is 0 Å². The standard InChI is InChI=1S/C15H19NO5/c1-15(14(18)19)7-8-16(9-15)13(17)12-10(20-2)5-4-6-11(12)21-3/h4-6H,7-9H2,1-3H3,(H,18,19)/t15-/m1/s1. The maximum Gasteiger partial charge on any atom is 0.311 e. The number of carboxylic acid groups (broad SMARTS) is 1. The lowest BCUT2D eigenvalue weighted by Crippen LogP contribution is -2.35. The lowest BCUT2D eigenvalue weighted by molar-refractivity contribution is -0.147. The number of aliphatic carboxylic acids is 1. The first-order valence-corrected chi connectivity index (χ1v) is 6.66. The maximum atomic E-state index is 12.7. The van der Waals surface area contributed by atoms with Crippen molar-refractivity contribution in [3.63, 3.8) is 0 Å². The van der Waals surface area contributed by atoms with Crippen LogP contribution in [0, 0.1) is 5.41 Å². The van der Waals surface area contributed by atoms with Crippen LogP contribution in [0.15, 0.2) is 18.2 Å². The molecule has 114 valence electrons. The number of nitrogens with zero attached hydrogens (tertiary/aromatic N) is 1. The van der Waals surface area contributed by atoms with Gasteiger partial charge in [-0.25, -0.2) is 0 Å². The second kappa shape index (κ2) is 5.63. The van der Waals surface area contributed by atoms with E-state index in [4.69, 9.17) is 9.47 Å². The number of methoxy groups -OCH3 is 2. The van der Waals surface area contributed by atoms with Crippen LogP contribution in [0.4, 0.5) is 0 Å². The molecule has 0 radical (unpaired) electrons. The molecule has 1 aromatic rings. The van der Waals surface area contributed by atoms with Gasteiger partial charge in [0.1, 0.15) is 17.1 Å². The molecule has 1 N–H and O–H groups in total. The van der Waals surface area contributed by atoms with E-state index in [2.05, 4.69) is 0 Å². The summed E-state index contributed by atoms with van der Waals surface area (Å²) in [5, 5.41) is 9.26. The Hall–Kier alpha value is -2.24. The van der Waals surface area contributed by atoms with Crippen molar-refractivity contribution in [1.82, 2.24) is 4.90 Å². The first-order valence-electron chi connectivity index (χ1n) is 6.66. The molecule has 0 saturated carbocycles. The summed E-state index contributed by atoms with van der Waals surface area (Å²) in [6.07, 6.45) is 0.436. The fraction of sp³-hybridized carbons (Fsp3) is 0.467. The van der Waals surface area contributed by atoms with Gasteiger partial charge in [-0.2, -0.15) is 0 Å². The number of amides is 1. The zero-order valence-electron chi connectivity index (χ0n) is 12.4. The van der Waals surface area contributed by atoms with Gasteiger partial charge in [0.05, 0.1) is 19.6 Å². The highest BCUT2D eigenvalue weighted by Crippen LogP contribution is 2.35. The monoisotopic (exact) mass is 293 g/mol. The van der Waals surface area contributed by atoms with E-state index in [9.17, 15) is 14.7 Å². The van der Waals surface area contributed by atoms with Gasteiger partial charge in [0.15, 0.2) is 0 Å². The molecule has 0 aliphatic carbocycles. The van der Waals surface area contributed by atoms with Crippen molar-refractivity contribution in [2.24, 2.45) is 5.41 Å². The molecule has 21 heavy (non-hydrogen) atoms. The molecule has 1 amide bonds. The predicted molar refractivity (Wildman–Crippen MR) is 75.8 cm³/mol. The molecule has 1 heterocycles. The predicted octanol–water partition coefficient (Wildman–Crippen LogP) is 1.64. The van der Waals surface area contributed by atoms with Crippen LogP contribution in [0.25, 0.3) is 0 Å². The number of hydrogen-bond acceptors (Lipinski definition) is 4. The van der Waals surface area contributed by atoms with Gasteiger partial charge in [-0.3, -0.25) is 9.59 Å². The van der Waals surface area contributed by atoms with Gasteiger partial charge in [0.2, 0.25) is 0 Å². The summed E-state index contributed by atoms with van der Waals surface area (Å²) in [5.41, 5.74) is -0.567. The molecule has 0 unspecified atom stereocenters. The third-order valence-corrected chi connectivity index (χ3v) is 3.92. The Morgan fingerprint density at radius 3 is 2.24 bits per heavy atom. The van der Waals surface area contributed by atoms with E-state index in [1.54, 1.807) is 25.1 Å². The summed E-state index contributed by atoms with van der Waals surface area (Å²) in [5.74, 6) is -0.314. The second-order valence-electron chi connectivity index (χ2n) is 5.38. The molecule has 6 nitrogen and oxygen atoms in total. The Morgan fingerprint density at radius 2 is 1.81 bits per heavy atom. The molecule has 1 fully saturated rings. The Morgan fingerprint density at radius 1 is 1.24 bits per heavy atom. The van der Waals surface area contributed by atoms with Gasteiger partial charge < -0.3 is 19.5 Å². The Balaban J connectivity index is 2.32. The lowest BCUT2D eigenvalue weighted by Gasteiger charge is -2.22. The van der Waals surface area contributed by atoms with Crippen LogP contribution in [0.5, 0.6) is 11.5 Å². The van der Waals surface area contributed by atoms with Crippen LogP contribution in [-0.4, -0.2) is 49.2 Å². The molecular weight excluding hydrogens is 274 g/mol. The Labute approximate surface area is 123 Å². The summed E-state index contributed by atoms with van der Waals surface area (Å²) in [4.78, 5) is 25.5. The number of carbonyl (C=O) groups is 2. The number of carboxylic acids is 1. The van der Waals surface area contributed by atoms with Crippen molar-refractivity contribution in [1.29, 1.82) is 0 Å². The second-order valence-corrected chi connectivity index (χ2v) is 5.38. The van der Waals surface area contributed by atoms with Crippen LogP contribution in [0.1, 0.15) is 23.7 Å². The number of hydrogen-bond donors (Lipinski definition) is 1. The van der Waals surface area contributed by atoms with Crippen LogP contribution in [-0.2, 0) is 4.79 Å². The number of benzene rings is 1. The quantitative estimate of drug-likeness (QED) is 0.913. The SMILES string of the molecule is COc1cccc(OC)c1C(=O)N1CC[C@@](C)(C(=O)O)C1. The van der Waals surface area contributed by atoms with Crippen molar-refractivity contribution >= 4 is 11.9 Å². The zero-order valence-corrected chi connectivity index (χ0v) is 12.4. The highest BCUT2D eigenvalue weighted by Gasteiger charge is 2.43. The number of ether oxygens (including phenoxy) is 2. The summed E-state index contributed by atoms with van der Waals surface area (Å²) < 4.78 is 10.4. The molecular formula is C15H19NO5. The Kier molecular flexibility index (Phi) is 4.06. The molecule has 0 bridgehead atoms. The third kappa shape index (κ3) is 2.66. The maximum absolute atomic E-state index is 12.7. The van der Waals surface area contributed by atoms with Crippen molar-refractivity contribution in [3.8, 4) is 11.5 Å². The first kappa shape index (κ1) is 15.2. The fourth-order valence-corrected chi connectivity index (χ4v) is 2.53. The van der Waals surface area contributed by atoms with Gasteiger partial charge >= 0.3 is 5.97 Å². The number of likely N-dealkylation sites (tertiary alicyclic amines) is 1. The van der Waals surface area contributed by atoms with Gasteiger partial charge in [0.25, 0.3) is 5.91 Å². The van der Waals surface area contributed by atoms with Gasteiger partial charge in [-0.15, -0.1) is 0 Å². The molecule has 1 saturated heterocycles. The van der Waals surface area contributed by atoms with E-state index in [1.807, 2.05) is 0 Å². The van der Waals surface area contributed by atoms with E-state index in [0.717, 1.165) is 0 Å². The van der Waals surface area contributed by atoms with Crippen LogP contribution in [0.2, 0.25) is 0 Å². The smallest absolute Gasteiger partial charge is 0.311 e. The van der Waals surface area contributed by atoms with Gasteiger partial charge in [-0.1, -0.05) is 6.07 Å². The molecule has 0 spiro atoms. The normalized spacial score (nSPS) is 21.2. The summed E-state index contributed by atoms with van der Waals surface area (Å²) in [7, 11) is 2.97. The van der Waals surface area contributed by atoms with Crippen molar-refractivity contribution in [3.05, 3.63) is 23.8 Å². The van der Waals surface area contributed by atoms with E-state index in [0.29, 0.717) is 30.0 Å². The van der Waals surface area contributed by atoms with Crippen molar-refractivity contribution in [2.75, 3.05) is 27.3 Å². The average Bonchev–Trinajstić information content (AvgIpc) is 2.89. The zero-order chi connectivity index (χ0) is 15.6. The van der Waals surface area contributed by atoms with E-state index in [1.165, 1.54) is 19.1 Å². The first-order chi connectivity index (χ1) is 9.92. The topological polar surface area (TPSA) is 76.1 Å². The van der Waals surface area contributed by atoms with E-state index >= 15 is 0 Å². The number of rotatable bonds is 4. The summed E-state index contributed by atoms with van der Waals surface area (Å²) in [6.45, 7) is 2.24. The summed E-state index contributed by atoms with van der Waals surface area (Å²) >= 11 is 0. The molecule has 1 aliphatic rings. The number of carbonyl (C=O) groups excluding carboxylic acids is 1. The lowest BCUT2D eigenvalue weighted by atomic mass is 9.90. The van der Waals surface area contributed by atoms with Crippen molar-refractivity contribution < 1.29 is 24.2 Å². The molecule has 6 heteroatoms. The van der Waals surface area contributed by atoms with Crippen LogP contribution < -0.4 is 9.47 Å². The minimum absolute atomic E-state index is 0.183. The largest absolute Gasteiger partial charge is 0.496 e. The van der Waals surface area contributed by atoms with Crippen molar-refractivity contribution in [2.45, 2.75) is 13.3 Å². The Bertz CT molecular complexity index is 549. The average molecular weight is 293 g/mol. The fourth-order valence-electron chi connectivity index (χ4n) is 2.53. The van der Waals surface area contributed by atoms with E-state index in [-0.39, 0.29) is 12.5 Å². The molecule has 1 atom stereocenters. The highest BCUT2D eigenvalue weighted by atomic mass is 16.5. The minimum atomic E-state index is -0.898. The summed E-state index contributed by atoms with van der Waals surface area (Å²) in [6, 6.07) is 5.10. The highest BCUT2D eigenvalue weighted by molar-refractivity contribution is 6.00. The molecule has 1 aliphatic heterocycles. The van der Waals surface area contributed by atoms with Gasteiger partial charge in [-0.05, 0) is 25.5 Å². The van der Waals surface area contributed by atoms with Crippen LogP contribution >= 0.6 is 0 Å². The van der Waals surface area contributed by atoms with E-state index < -0.39 is 11.4 Å². The van der Waals surface area contributed by atoms with Gasteiger partial charge in [0, 0.05) is 13.1 Å². The molecule has 2 rings (SSSR count). The minimum Gasteiger partial charge on any atom is -0.496 e. The third-order valence-electron chi connectivity index (χ3n) is 3.92. The molecule has 1 aromatic carbocycles.